The molecule has 4 fully saturated rings. The molecule has 4 aliphatic carbocycles. The summed E-state index contributed by atoms with van der Waals surface area (Å²) in [5.41, 5.74) is 0.0768. The highest BCUT2D eigenvalue weighted by Crippen LogP contribution is 2.66. The Morgan fingerprint density at radius 3 is 2.41 bits per heavy atom. The quantitative estimate of drug-likeness (QED) is 0.698. The summed E-state index contributed by atoms with van der Waals surface area (Å²) >= 11 is 0. The first-order valence-corrected chi connectivity index (χ1v) is 9.50. The topological polar surface area (TPSA) is 60.7 Å². The third-order valence-electron chi connectivity index (χ3n) is 8.58. The van der Waals surface area contributed by atoms with Gasteiger partial charge in [-0.1, -0.05) is 13.3 Å². The van der Waals surface area contributed by atoms with E-state index in [2.05, 4.69) is 6.92 Å². The molecule has 0 amide bonds. The minimum absolute atomic E-state index is 0.0323. The molecule has 0 saturated heterocycles. The van der Waals surface area contributed by atoms with Crippen LogP contribution in [0.25, 0.3) is 0 Å². The molecule has 4 saturated carbocycles. The molecular formula is C19H32O3. The molecule has 4 rings (SSSR count). The number of rotatable bonds is 1. The van der Waals surface area contributed by atoms with Gasteiger partial charge in [-0.05, 0) is 80.5 Å². The average Bonchev–Trinajstić information content (AvgIpc) is 2.83. The number of hydrogen-bond acceptors (Lipinski definition) is 3. The van der Waals surface area contributed by atoms with Crippen LogP contribution in [0.5, 0.6) is 0 Å². The van der Waals surface area contributed by atoms with Crippen LogP contribution in [0.1, 0.15) is 64.7 Å². The fraction of sp³-hybridized carbons (Fsp3) is 1.00. The molecule has 8 atom stereocenters. The lowest BCUT2D eigenvalue weighted by molar-refractivity contribution is -0.172. The van der Waals surface area contributed by atoms with Gasteiger partial charge in [0.15, 0.2) is 0 Å². The molecule has 0 aromatic heterocycles. The number of hydrogen-bond donors (Lipinski definition) is 3. The van der Waals surface area contributed by atoms with Crippen molar-refractivity contribution in [3.05, 3.63) is 0 Å². The summed E-state index contributed by atoms with van der Waals surface area (Å²) in [4.78, 5) is 0. The molecule has 0 spiro atoms. The summed E-state index contributed by atoms with van der Waals surface area (Å²) in [6.45, 7) is 2.56. The van der Waals surface area contributed by atoms with E-state index in [9.17, 15) is 15.3 Å². The molecule has 0 bridgehead atoms. The van der Waals surface area contributed by atoms with Gasteiger partial charge in [0.2, 0.25) is 0 Å². The third-order valence-corrected chi connectivity index (χ3v) is 8.58. The zero-order chi connectivity index (χ0) is 15.5. The molecule has 0 radical (unpaired) electrons. The molecule has 3 heteroatoms. The lowest BCUT2D eigenvalue weighted by Gasteiger charge is -2.61. The molecule has 3 nitrogen and oxygen atoms in total. The average molecular weight is 308 g/mol. The Kier molecular flexibility index (Phi) is 3.63. The molecule has 22 heavy (non-hydrogen) atoms. The van der Waals surface area contributed by atoms with Gasteiger partial charge in [0.1, 0.15) is 0 Å². The highest BCUT2D eigenvalue weighted by Gasteiger charge is 2.61. The lowest BCUT2D eigenvalue weighted by atomic mass is 9.44. The zero-order valence-corrected chi connectivity index (χ0v) is 13.9. The molecule has 0 heterocycles. The maximum Gasteiger partial charge on any atom is 0.0596 e. The Hall–Kier alpha value is -0.120. The van der Waals surface area contributed by atoms with Crippen LogP contribution in [0.2, 0.25) is 0 Å². The van der Waals surface area contributed by atoms with Crippen LogP contribution in [0.4, 0.5) is 0 Å². The van der Waals surface area contributed by atoms with Gasteiger partial charge in [0.25, 0.3) is 0 Å². The van der Waals surface area contributed by atoms with Gasteiger partial charge in [-0.25, -0.2) is 0 Å². The van der Waals surface area contributed by atoms with Crippen molar-refractivity contribution in [1.29, 1.82) is 0 Å². The van der Waals surface area contributed by atoms with Gasteiger partial charge < -0.3 is 15.3 Å². The van der Waals surface area contributed by atoms with E-state index < -0.39 is 0 Å². The summed E-state index contributed by atoms with van der Waals surface area (Å²) in [6.07, 6.45) is 9.38. The largest absolute Gasteiger partial charge is 0.396 e. The van der Waals surface area contributed by atoms with Gasteiger partial charge in [-0.15, -0.1) is 0 Å². The van der Waals surface area contributed by atoms with Crippen LogP contribution in [0.15, 0.2) is 0 Å². The summed E-state index contributed by atoms with van der Waals surface area (Å²) in [5, 5.41) is 31.3. The second-order valence-electron chi connectivity index (χ2n) is 9.05. The molecule has 0 aromatic carbocycles. The standard InChI is InChI=1S/C19H32O3/c1-18-10-8-14-12(13(18)6-7-17(18)22)4-5-15-16(21)3-2-9-19(14,15)11-20/h12-17,20-22H,2-11H2,1H3/t12-,13-,14-,15-,16-,17-,18-,19-/m0/s1. The predicted octanol–water partition coefficient (Wildman–Crippen LogP) is 2.72. The van der Waals surface area contributed by atoms with Crippen molar-refractivity contribution >= 4 is 0 Å². The van der Waals surface area contributed by atoms with E-state index in [0.717, 1.165) is 51.4 Å². The monoisotopic (exact) mass is 308 g/mol. The molecule has 126 valence electrons. The van der Waals surface area contributed by atoms with Crippen LogP contribution in [0.3, 0.4) is 0 Å². The molecule has 0 unspecified atom stereocenters. The van der Waals surface area contributed by atoms with Crippen molar-refractivity contribution < 1.29 is 15.3 Å². The summed E-state index contributed by atoms with van der Waals surface area (Å²) in [6, 6.07) is 0. The molecule has 3 N–H and O–H groups in total. The fourth-order valence-corrected chi connectivity index (χ4v) is 7.41. The van der Waals surface area contributed by atoms with Crippen LogP contribution in [-0.4, -0.2) is 34.1 Å². The van der Waals surface area contributed by atoms with Crippen LogP contribution < -0.4 is 0 Å². The summed E-state index contributed by atoms with van der Waals surface area (Å²) in [5.74, 6) is 2.16. The highest BCUT2D eigenvalue weighted by atomic mass is 16.3. The van der Waals surface area contributed by atoms with E-state index >= 15 is 0 Å². The maximum absolute atomic E-state index is 10.5. The molecular weight excluding hydrogens is 276 g/mol. The number of aliphatic hydroxyl groups is 3. The fourth-order valence-electron chi connectivity index (χ4n) is 7.41. The van der Waals surface area contributed by atoms with Gasteiger partial charge in [-0.2, -0.15) is 0 Å². The van der Waals surface area contributed by atoms with Gasteiger partial charge in [0.05, 0.1) is 12.2 Å². The smallest absolute Gasteiger partial charge is 0.0596 e. The molecule has 4 aliphatic rings. The van der Waals surface area contributed by atoms with Crippen LogP contribution in [0, 0.1) is 34.5 Å². The van der Waals surface area contributed by atoms with E-state index in [1.165, 1.54) is 6.42 Å². The van der Waals surface area contributed by atoms with Crippen molar-refractivity contribution in [2.24, 2.45) is 34.5 Å². The van der Waals surface area contributed by atoms with E-state index in [1.807, 2.05) is 0 Å². The maximum atomic E-state index is 10.5. The Morgan fingerprint density at radius 1 is 0.864 bits per heavy atom. The molecule has 0 aromatic rings. The summed E-state index contributed by atoms with van der Waals surface area (Å²) < 4.78 is 0. The minimum Gasteiger partial charge on any atom is -0.396 e. The van der Waals surface area contributed by atoms with Crippen molar-refractivity contribution in [1.82, 2.24) is 0 Å². The van der Waals surface area contributed by atoms with Crippen LogP contribution in [-0.2, 0) is 0 Å². The Morgan fingerprint density at radius 2 is 1.64 bits per heavy atom. The first-order chi connectivity index (χ1) is 10.5. The predicted molar refractivity (Wildman–Crippen MR) is 85.2 cm³/mol. The normalized spacial score (nSPS) is 57.8. The molecule has 0 aliphatic heterocycles. The Labute approximate surface area is 134 Å². The second-order valence-corrected chi connectivity index (χ2v) is 9.05. The van der Waals surface area contributed by atoms with E-state index in [-0.39, 0.29) is 29.6 Å². The zero-order valence-electron chi connectivity index (χ0n) is 13.9. The van der Waals surface area contributed by atoms with E-state index in [0.29, 0.717) is 23.7 Å². The van der Waals surface area contributed by atoms with Crippen molar-refractivity contribution in [2.75, 3.05) is 6.61 Å². The van der Waals surface area contributed by atoms with E-state index in [1.54, 1.807) is 0 Å². The Bertz CT molecular complexity index is 438. The first kappa shape index (κ1) is 15.4. The number of aliphatic hydroxyl groups excluding tert-OH is 3. The summed E-state index contributed by atoms with van der Waals surface area (Å²) in [7, 11) is 0. The van der Waals surface area contributed by atoms with Crippen molar-refractivity contribution in [2.45, 2.75) is 76.9 Å². The SMILES string of the molecule is C[C@]12CC[C@H]3[C@@H](CC[C@H]4[C@@H](O)CCC[C@]34CO)[C@@H]1CC[C@@H]2O. The van der Waals surface area contributed by atoms with Gasteiger partial charge >= 0.3 is 0 Å². The van der Waals surface area contributed by atoms with Crippen molar-refractivity contribution in [3.8, 4) is 0 Å². The lowest BCUT2D eigenvalue weighted by Crippen LogP contribution is -2.58. The van der Waals surface area contributed by atoms with Crippen LogP contribution >= 0.6 is 0 Å². The third kappa shape index (κ3) is 1.85. The van der Waals surface area contributed by atoms with Gasteiger partial charge in [0, 0.05) is 12.0 Å². The minimum atomic E-state index is -0.204. The first-order valence-electron chi connectivity index (χ1n) is 9.50. The van der Waals surface area contributed by atoms with Crippen molar-refractivity contribution in [3.63, 3.8) is 0 Å². The second kappa shape index (κ2) is 5.19. The van der Waals surface area contributed by atoms with E-state index in [4.69, 9.17) is 0 Å². The highest BCUT2D eigenvalue weighted by molar-refractivity contribution is 5.10. The Balaban J connectivity index is 1.67. The van der Waals surface area contributed by atoms with Gasteiger partial charge in [-0.3, -0.25) is 0 Å². The number of fused-ring (bicyclic) bond motifs is 5.